The molecular weight excluding hydrogens is 310 g/mol. The molecule has 5 heteroatoms. The monoisotopic (exact) mass is 322 g/mol. The molecule has 1 heterocycles. The molecule has 0 aliphatic carbocycles. The summed E-state index contributed by atoms with van der Waals surface area (Å²) in [6.07, 6.45) is 0. The molecule has 0 radical (unpaired) electrons. The lowest BCUT2D eigenvalue weighted by Gasteiger charge is -2.17. The molecule has 108 valence electrons. The molecule has 0 spiro atoms. The van der Waals surface area contributed by atoms with Gasteiger partial charge < -0.3 is 0 Å². The molecular formula is C16H13Cl2FN2. The van der Waals surface area contributed by atoms with Gasteiger partial charge in [0.25, 0.3) is 0 Å². The number of anilines is 1. The van der Waals surface area contributed by atoms with Crippen LogP contribution in [0.15, 0.2) is 47.6 Å². The Bertz CT molecular complexity index is 715. The highest BCUT2D eigenvalue weighted by Crippen LogP contribution is 2.34. The highest BCUT2D eigenvalue weighted by atomic mass is 35.5. The van der Waals surface area contributed by atoms with E-state index in [2.05, 4.69) is 5.10 Å². The molecule has 0 fully saturated rings. The van der Waals surface area contributed by atoms with Crippen molar-refractivity contribution in [1.29, 1.82) is 0 Å². The van der Waals surface area contributed by atoms with Crippen LogP contribution < -0.4 is 5.01 Å². The van der Waals surface area contributed by atoms with Crippen molar-refractivity contribution < 1.29 is 4.39 Å². The second-order valence-electron chi connectivity index (χ2n) is 4.99. The van der Waals surface area contributed by atoms with Crippen LogP contribution in [0.2, 0.25) is 10.0 Å². The zero-order valence-corrected chi connectivity index (χ0v) is 12.9. The maximum Gasteiger partial charge on any atom is 0.128 e. The first kappa shape index (κ1) is 14.4. The molecule has 2 nitrogen and oxygen atoms in total. The fourth-order valence-electron chi connectivity index (χ4n) is 2.53. The Hall–Kier alpha value is -1.58. The van der Waals surface area contributed by atoms with Crippen molar-refractivity contribution in [1.82, 2.24) is 0 Å². The number of hydrogen-bond donors (Lipinski definition) is 0. The third kappa shape index (κ3) is 2.76. The van der Waals surface area contributed by atoms with Crippen LogP contribution in [0.3, 0.4) is 0 Å². The summed E-state index contributed by atoms with van der Waals surface area (Å²) in [4.78, 5) is 0. The molecule has 3 rings (SSSR count). The topological polar surface area (TPSA) is 15.6 Å². The van der Waals surface area contributed by atoms with Gasteiger partial charge in [-0.1, -0.05) is 41.4 Å². The summed E-state index contributed by atoms with van der Waals surface area (Å²) in [7, 11) is 0. The molecule has 0 N–H and O–H groups in total. The molecule has 0 bridgehead atoms. The first-order valence-electron chi connectivity index (χ1n) is 6.58. The molecule has 1 unspecified atom stereocenters. The standard InChI is InChI=1S/C16H13Cl2FN2/c1-10-13(12-7-6-11(17)8-15(12)19)9-21(20-10)16-5-3-2-4-14(16)18/h2-8,13H,9H2,1H3. The van der Waals surface area contributed by atoms with E-state index in [9.17, 15) is 4.39 Å². The SMILES string of the molecule is CC1=NN(c2ccccc2Cl)CC1c1ccc(Cl)cc1F. The van der Waals surface area contributed by atoms with Crippen LogP contribution in [-0.2, 0) is 0 Å². The molecule has 1 aliphatic heterocycles. The van der Waals surface area contributed by atoms with Crippen LogP contribution >= 0.6 is 23.2 Å². The van der Waals surface area contributed by atoms with Crippen LogP contribution in [0, 0.1) is 5.82 Å². The van der Waals surface area contributed by atoms with Gasteiger partial charge >= 0.3 is 0 Å². The van der Waals surface area contributed by atoms with Crippen LogP contribution in [0.5, 0.6) is 0 Å². The van der Waals surface area contributed by atoms with Crippen molar-refractivity contribution in [3.05, 3.63) is 63.9 Å². The fourth-order valence-corrected chi connectivity index (χ4v) is 2.92. The number of rotatable bonds is 2. The summed E-state index contributed by atoms with van der Waals surface area (Å²) in [5.74, 6) is -0.401. The van der Waals surface area contributed by atoms with E-state index in [-0.39, 0.29) is 11.7 Å². The zero-order chi connectivity index (χ0) is 15.0. The molecule has 0 saturated carbocycles. The Morgan fingerprint density at radius 2 is 1.95 bits per heavy atom. The number of nitrogens with zero attached hydrogens (tertiary/aromatic N) is 2. The normalized spacial score (nSPS) is 18.0. The van der Waals surface area contributed by atoms with Crippen LogP contribution in [0.25, 0.3) is 0 Å². The second-order valence-corrected chi connectivity index (χ2v) is 5.84. The minimum absolute atomic E-state index is 0.0986. The summed E-state index contributed by atoms with van der Waals surface area (Å²) in [6.45, 7) is 2.46. The summed E-state index contributed by atoms with van der Waals surface area (Å²) < 4.78 is 14.1. The lowest BCUT2D eigenvalue weighted by atomic mass is 9.95. The van der Waals surface area contributed by atoms with E-state index in [1.165, 1.54) is 6.07 Å². The third-order valence-corrected chi connectivity index (χ3v) is 4.16. The van der Waals surface area contributed by atoms with Gasteiger partial charge in [0.2, 0.25) is 0 Å². The lowest BCUT2D eigenvalue weighted by Crippen LogP contribution is -2.18. The van der Waals surface area contributed by atoms with E-state index >= 15 is 0 Å². The third-order valence-electron chi connectivity index (χ3n) is 3.61. The van der Waals surface area contributed by atoms with Gasteiger partial charge in [0, 0.05) is 16.7 Å². The van der Waals surface area contributed by atoms with E-state index in [4.69, 9.17) is 23.2 Å². The van der Waals surface area contributed by atoms with Gasteiger partial charge in [-0.2, -0.15) is 5.10 Å². The smallest absolute Gasteiger partial charge is 0.128 e. The molecule has 2 aromatic carbocycles. The van der Waals surface area contributed by atoms with Crippen molar-refractivity contribution in [3.8, 4) is 0 Å². The Kier molecular flexibility index (Phi) is 3.87. The van der Waals surface area contributed by atoms with Crippen molar-refractivity contribution >= 4 is 34.6 Å². The van der Waals surface area contributed by atoms with E-state index < -0.39 is 0 Å². The quantitative estimate of drug-likeness (QED) is 0.749. The Morgan fingerprint density at radius 3 is 2.67 bits per heavy atom. The van der Waals surface area contributed by atoms with Crippen LogP contribution in [0.4, 0.5) is 10.1 Å². The lowest BCUT2D eigenvalue weighted by molar-refractivity contribution is 0.605. The van der Waals surface area contributed by atoms with Gasteiger partial charge in [-0.05, 0) is 36.8 Å². The van der Waals surface area contributed by atoms with Crippen LogP contribution in [0.1, 0.15) is 18.4 Å². The number of para-hydroxylation sites is 1. The van der Waals surface area contributed by atoms with Gasteiger partial charge in [-0.15, -0.1) is 0 Å². The minimum atomic E-state index is -0.303. The van der Waals surface area contributed by atoms with E-state index in [1.54, 1.807) is 12.1 Å². The number of hydrazone groups is 1. The van der Waals surface area contributed by atoms with Gasteiger partial charge in [-0.3, -0.25) is 5.01 Å². The molecule has 2 aromatic rings. The molecule has 1 aliphatic rings. The molecule has 0 amide bonds. The van der Waals surface area contributed by atoms with Crippen molar-refractivity contribution in [2.75, 3.05) is 11.6 Å². The predicted octanol–water partition coefficient (Wildman–Crippen LogP) is 5.11. The van der Waals surface area contributed by atoms with E-state index in [0.717, 1.165) is 11.4 Å². The van der Waals surface area contributed by atoms with Gasteiger partial charge in [-0.25, -0.2) is 4.39 Å². The van der Waals surface area contributed by atoms with Crippen molar-refractivity contribution in [2.45, 2.75) is 12.8 Å². The summed E-state index contributed by atoms with van der Waals surface area (Å²) >= 11 is 12.0. The van der Waals surface area contributed by atoms with Crippen LogP contribution in [-0.4, -0.2) is 12.3 Å². The number of hydrogen-bond acceptors (Lipinski definition) is 2. The number of benzene rings is 2. The Balaban J connectivity index is 1.92. The fraction of sp³-hybridized carbons (Fsp3) is 0.188. The first-order chi connectivity index (χ1) is 10.1. The van der Waals surface area contributed by atoms with Gasteiger partial charge in [0.05, 0.1) is 17.3 Å². The molecule has 0 aromatic heterocycles. The Labute approximate surface area is 132 Å². The number of halogens is 3. The van der Waals surface area contributed by atoms with E-state index in [1.807, 2.05) is 36.2 Å². The minimum Gasteiger partial charge on any atom is -0.263 e. The highest BCUT2D eigenvalue weighted by molar-refractivity contribution is 6.33. The maximum atomic E-state index is 14.1. The predicted molar refractivity (Wildman–Crippen MR) is 86.1 cm³/mol. The summed E-state index contributed by atoms with van der Waals surface area (Å²) in [5, 5.41) is 7.35. The first-order valence-corrected chi connectivity index (χ1v) is 7.34. The molecule has 1 atom stereocenters. The summed E-state index contributed by atoms with van der Waals surface area (Å²) in [6, 6.07) is 12.2. The largest absolute Gasteiger partial charge is 0.263 e. The average molecular weight is 323 g/mol. The summed E-state index contributed by atoms with van der Waals surface area (Å²) in [5.41, 5.74) is 2.29. The second kappa shape index (κ2) is 5.66. The molecule has 21 heavy (non-hydrogen) atoms. The van der Waals surface area contributed by atoms with Crippen molar-refractivity contribution in [3.63, 3.8) is 0 Å². The van der Waals surface area contributed by atoms with Gasteiger partial charge in [0.1, 0.15) is 5.82 Å². The van der Waals surface area contributed by atoms with Gasteiger partial charge in [0.15, 0.2) is 0 Å². The maximum absolute atomic E-state index is 14.1. The molecule has 0 saturated heterocycles. The van der Waals surface area contributed by atoms with E-state index in [0.29, 0.717) is 22.2 Å². The highest BCUT2D eigenvalue weighted by Gasteiger charge is 2.28. The zero-order valence-electron chi connectivity index (χ0n) is 11.4. The Morgan fingerprint density at radius 1 is 1.19 bits per heavy atom. The average Bonchev–Trinajstić information content (AvgIpc) is 2.81. The van der Waals surface area contributed by atoms with Crippen molar-refractivity contribution in [2.24, 2.45) is 5.10 Å².